The van der Waals surface area contributed by atoms with Gasteiger partial charge in [0.15, 0.2) is 11.6 Å². The number of nitrogens with two attached hydrogens (primary N) is 1. The van der Waals surface area contributed by atoms with Gasteiger partial charge < -0.3 is 21.3 Å². The highest BCUT2D eigenvalue weighted by Gasteiger charge is 2.36. The summed E-state index contributed by atoms with van der Waals surface area (Å²) in [5.74, 6) is -1.24. The first-order chi connectivity index (χ1) is 21.7. The summed E-state index contributed by atoms with van der Waals surface area (Å²) in [6, 6.07) is 10.3. The van der Waals surface area contributed by atoms with E-state index in [0.717, 1.165) is 31.4 Å². The lowest BCUT2D eigenvalue weighted by Crippen LogP contribution is -2.31. The zero-order chi connectivity index (χ0) is 33.0. The largest absolute Gasteiger partial charge is 0.397 e. The molecule has 1 aromatic heterocycles. The molecule has 1 fully saturated rings. The highest BCUT2D eigenvalue weighted by atomic mass is 35.5. The number of carbonyl (C=O) groups excluding carboxylic acids is 2. The van der Waals surface area contributed by atoms with Crippen molar-refractivity contribution < 1.29 is 35.5 Å². The van der Waals surface area contributed by atoms with Gasteiger partial charge in [0.25, 0.3) is 20.2 Å². The highest BCUT2D eigenvalue weighted by Crippen LogP contribution is 2.40. The number of aromatic nitrogens is 3. The lowest BCUT2D eigenvalue weighted by Gasteiger charge is -2.26. The van der Waals surface area contributed by atoms with Crippen LogP contribution in [0, 0.1) is 0 Å². The summed E-state index contributed by atoms with van der Waals surface area (Å²) in [7, 11) is -9.91. The third-order valence-corrected chi connectivity index (χ3v) is 9.45. The van der Waals surface area contributed by atoms with Gasteiger partial charge in [0, 0.05) is 29.9 Å². The second-order valence-electron chi connectivity index (χ2n) is 10.5. The third-order valence-electron chi connectivity index (χ3n) is 7.50. The Bertz CT molecular complexity index is 2170. The number of halogens is 1. The van der Waals surface area contributed by atoms with E-state index in [-0.39, 0.29) is 50.9 Å². The Morgan fingerprint density at radius 1 is 0.761 bits per heavy atom. The Morgan fingerprint density at radius 3 is 2.02 bits per heavy atom. The number of benzene rings is 3. The van der Waals surface area contributed by atoms with Gasteiger partial charge in [-0.05, 0) is 55.1 Å². The molecular weight excluding hydrogens is 662 g/mol. The van der Waals surface area contributed by atoms with Gasteiger partial charge in [-0.15, -0.1) is 0 Å². The Kier molecular flexibility index (Phi) is 7.89. The number of rotatable bonds is 7. The molecule has 6 rings (SSSR count). The maximum absolute atomic E-state index is 13.6. The van der Waals surface area contributed by atoms with Gasteiger partial charge in [-0.3, -0.25) is 18.7 Å². The molecule has 0 saturated carbocycles. The minimum atomic E-state index is -5.00. The molecule has 0 radical (unpaired) electrons. The topological polar surface area (TPSA) is 235 Å². The summed E-state index contributed by atoms with van der Waals surface area (Å²) in [6.45, 7) is 1.40. The van der Waals surface area contributed by atoms with E-state index in [9.17, 15) is 35.5 Å². The molecule has 4 aromatic rings. The van der Waals surface area contributed by atoms with Crippen molar-refractivity contribution >= 4 is 78.0 Å². The average Bonchev–Trinajstić information content (AvgIpc) is 3.00. The molecule has 0 bridgehead atoms. The first kappa shape index (κ1) is 31.3. The summed E-state index contributed by atoms with van der Waals surface area (Å²) in [5, 5.41) is 5.33. The van der Waals surface area contributed by atoms with Crippen LogP contribution in [0.4, 0.5) is 34.6 Å². The lowest BCUT2D eigenvalue weighted by atomic mass is 9.82. The van der Waals surface area contributed by atoms with Crippen LogP contribution in [0.15, 0.2) is 58.3 Å². The van der Waals surface area contributed by atoms with Crippen molar-refractivity contribution in [2.24, 2.45) is 0 Å². The quantitative estimate of drug-likeness (QED) is 0.121. The molecule has 2 heterocycles. The van der Waals surface area contributed by atoms with Crippen LogP contribution in [-0.4, -0.2) is 65.5 Å². The van der Waals surface area contributed by atoms with Gasteiger partial charge in [0.05, 0.1) is 28.2 Å². The van der Waals surface area contributed by atoms with E-state index < -0.39 is 52.8 Å². The molecule has 1 aliphatic carbocycles. The van der Waals surface area contributed by atoms with E-state index in [4.69, 9.17) is 17.3 Å². The summed E-state index contributed by atoms with van der Waals surface area (Å²) in [6.07, 6.45) is 2.93. The van der Waals surface area contributed by atoms with Gasteiger partial charge >= 0.3 is 0 Å². The Morgan fingerprint density at radius 2 is 1.39 bits per heavy atom. The van der Waals surface area contributed by atoms with Crippen LogP contribution in [0.5, 0.6) is 0 Å². The van der Waals surface area contributed by atoms with E-state index >= 15 is 0 Å². The number of carbonyl (C=O) groups is 2. The summed E-state index contributed by atoms with van der Waals surface area (Å²) in [5.41, 5.74) is 4.15. The van der Waals surface area contributed by atoms with E-state index in [2.05, 4.69) is 25.6 Å². The Hall–Kier alpha value is -4.68. The normalized spacial score (nSPS) is 14.9. The maximum atomic E-state index is 13.6. The lowest BCUT2D eigenvalue weighted by molar-refractivity contribution is 0.0980. The number of fused-ring (bicyclic) bond motifs is 2. The standard InChI is InChI=1S/C28H24ClN7O8S2/c29-26-33-27(35-28(34-26)36-10-4-1-5-11-36)32-17-9-8-14(12-19(17)45(39,40)41)31-18-13-20(46(42,43)44)23(30)22-21(18)24(37)15-6-2-3-7-16(15)25(22)38/h2-3,6-9,12-13,31H,1,4-5,10-11,30H2,(H,39,40,41)(H,42,43,44)(H,32,33,34,35). The van der Waals surface area contributed by atoms with E-state index in [1.54, 1.807) is 0 Å². The van der Waals surface area contributed by atoms with Crippen molar-refractivity contribution in [1.29, 1.82) is 0 Å². The number of hydrogen-bond acceptors (Lipinski definition) is 13. The SMILES string of the molecule is Nc1c(S(=O)(=O)O)cc(Nc2ccc(Nc3nc(Cl)nc(N4CCCCC4)n3)c(S(=O)(=O)O)c2)c2c1C(=O)c1ccccc1C2=O. The molecule has 18 heteroatoms. The van der Waals surface area contributed by atoms with Crippen LogP contribution < -0.4 is 21.3 Å². The van der Waals surface area contributed by atoms with E-state index in [1.807, 2.05) is 4.90 Å². The number of piperidine rings is 1. The van der Waals surface area contributed by atoms with Crippen molar-refractivity contribution in [3.8, 4) is 0 Å². The Labute approximate surface area is 267 Å². The zero-order valence-electron chi connectivity index (χ0n) is 23.6. The van der Waals surface area contributed by atoms with Crippen LogP contribution in [-0.2, 0) is 20.2 Å². The first-order valence-electron chi connectivity index (χ1n) is 13.7. The predicted octanol–water partition coefficient (Wildman–Crippen LogP) is 3.85. The molecule has 6 N–H and O–H groups in total. The molecule has 3 aromatic carbocycles. The van der Waals surface area contributed by atoms with Crippen LogP contribution in [0.25, 0.3) is 0 Å². The molecule has 1 aliphatic heterocycles. The minimum Gasteiger partial charge on any atom is -0.397 e. The zero-order valence-corrected chi connectivity index (χ0v) is 25.9. The fourth-order valence-electron chi connectivity index (χ4n) is 5.43. The van der Waals surface area contributed by atoms with Gasteiger partial charge in [-0.1, -0.05) is 24.3 Å². The van der Waals surface area contributed by atoms with Crippen LogP contribution in [0.2, 0.25) is 5.28 Å². The molecule has 46 heavy (non-hydrogen) atoms. The van der Waals surface area contributed by atoms with E-state index in [1.165, 1.54) is 36.4 Å². The molecular formula is C28H24ClN7O8S2. The Balaban J connectivity index is 1.43. The molecule has 15 nitrogen and oxygen atoms in total. The molecule has 0 amide bonds. The van der Waals surface area contributed by atoms with Crippen LogP contribution in [0.3, 0.4) is 0 Å². The number of nitrogens with zero attached hydrogens (tertiary/aromatic N) is 4. The number of hydrogen-bond donors (Lipinski definition) is 5. The van der Waals surface area contributed by atoms with Gasteiger partial charge in [-0.2, -0.15) is 31.8 Å². The predicted molar refractivity (Wildman–Crippen MR) is 168 cm³/mol. The second-order valence-corrected chi connectivity index (χ2v) is 13.6. The maximum Gasteiger partial charge on any atom is 0.296 e. The molecule has 0 atom stereocenters. The smallest absolute Gasteiger partial charge is 0.296 e. The number of nitrogens with one attached hydrogen (secondary N) is 2. The molecule has 238 valence electrons. The van der Waals surface area contributed by atoms with Gasteiger partial charge in [-0.25, -0.2) is 0 Å². The van der Waals surface area contributed by atoms with Gasteiger partial charge in [0.2, 0.25) is 17.2 Å². The van der Waals surface area contributed by atoms with Crippen molar-refractivity contribution in [3.05, 3.63) is 76.1 Å². The summed E-state index contributed by atoms with van der Waals surface area (Å²) < 4.78 is 69.4. The molecule has 0 spiro atoms. The van der Waals surface area contributed by atoms with Crippen LogP contribution >= 0.6 is 11.6 Å². The molecule has 2 aliphatic rings. The number of ketones is 2. The van der Waals surface area contributed by atoms with Gasteiger partial charge in [0.1, 0.15) is 9.79 Å². The first-order valence-corrected chi connectivity index (χ1v) is 16.9. The average molecular weight is 686 g/mol. The summed E-state index contributed by atoms with van der Waals surface area (Å²) in [4.78, 5) is 39.9. The van der Waals surface area contributed by atoms with Crippen LogP contribution in [0.1, 0.15) is 51.1 Å². The minimum absolute atomic E-state index is 0.0175. The van der Waals surface area contributed by atoms with Crippen molar-refractivity contribution in [2.45, 2.75) is 29.1 Å². The third kappa shape index (κ3) is 5.85. The molecule has 0 unspecified atom stereocenters. The highest BCUT2D eigenvalue weighted by molar-refractivity contribution is 7.86. The number of nitrogen functional groups attached to an aromatic ring is 1. The monoisotopic (exact) mass is 685 g/mol. The molecule has 1 saturated heterocycles. The fourth-order valence-corrected chi connectivity index (χ4v) is 6.90. The fraction of sp³-hybridized carbons (Fsp3) is 0.179. The van der Waals surface area contributed by atoms with Crippen molar-refractivity contribution in [3.63, 3.8) is 0 Å². The number of anilines is 6. The summed E-state index contributed by atoms with van der Waals surface area (Å²) >= 11 is 6.12. The second kappa shape index (κ2) is 11.6. The van der Waals surface area contributed by atoms with E-state index in [0.29, 0.717) is 13.1 Å². The van der Waals surface area contributed by atoms with Crippen molar-refractivity contribution in [1.82, 2.24) is 15.0 Å². The van der Waals surface area contributed by atoms with Crippen molar-refractivity contribution in [2.75, 3.05) is 34.4 Å².